The highest BCUT2D eigenvalue weighted by atomic mass is 16.5. The summed E-state index contributed by atoms with van der Waals surface area (Å²) in [7, 11) is 9.33. The third-order valence-electron chi connectivity index (χ3n) is 6.35. The zero-order valence-corrected chi connectivity index (χ0v) is 21.6. The zero-order valence-electron chi connectivity index (χ0n) is 21.6. The van der Waals surface area contributed by atoms with Crippen LogP contribution in [-0.2, 0) is 4.79 Å². The van der Waals surface area contributed by atoms with Gasteiger partial charge in [0, 0.05) is 36.7 Å². The number of ether oxygens (including phenoxy) is 6. The Kier molecular flexibility index (Phi) is 9.05. The molecule has 9 heteroatoms. The summed E-state index contributed by atoms with van der Waals surface area (Å²) in [5, 5.41) is 0. The van der Waals surface area contributed by atoms with Crippen molar-refractivity contribution in [3.63, 3.8) is 0 Å². The summed E-state index contributed by atoms with van der Waals surface area (Å²) in [5.74, 6) is 3.84. The highest BCUT2D eigenvalue weighted by molar-refractivity contribution is 6.02. The van der Waals surface area contributed by atoms with E-state index < -0.39 is 0 Å². The number of piperidine rings is 3. The van der Waals surface area contributed by atoms with E-state index in [1.807, 2.05) is 12.1 Å². The monoisotopic (exact) mass is 499 g/mol. The molecule has 2 aromatic rings. The van der Waals surface area contributed by atoms with Crippen molar-refractivity contribution >= 4 is 18.1 Å². The van der Waals surface area contributed by atoms with Crippen molar-refractivity contribution < 1.29 is 38.0 Å². The fraction of sp³-hybridized carbons (Fsp3) is 0.407. The third kappa shape index (κ3) is 5.50. The van der Waals surface area contributed by atoms with Gasteiger partial charge in [-0.2, -0.15) is 0 Å². The maximum Gasteiger partial charge on any atom is 0.182 e. The Morgan fingerprint density at radius 3 is 1.50 bits per heavy atom. The molecule has 3 heterocycles. The summed E-state index contributed by atoms with van der Waals surface area (Å²) in [5.41, 5.74) is 2.05. The molecule has 0 amide bonds. The van der Waals surface area contributed by atoms with E-state index in [4.69, 9.17) is 28.4 Å². The molecular weight excluding hydrogens is 466 g/mol. The molecule has 0 unspecified atom stereocenters. The summed E-state index contributed by atoms with van der Waals surface area (Å²) >= 11 is 0. The quantitative estimate of drug-likeness (QED) is 0.396. The first-order chi connectivity index (χ1) is 17.4. The largest absolute Gasteiger partial charge is 0.496 e. The maximum absolute atomic E-state index is 12.5. The van der Waals surface area contributed by atoms with Gasteiger partial charge in [-0.25, -0.2) is 0 Å². The predicted octanol–water partition coefficient (Wildman–Crippen LogP) is 3.87. The maximum atomic E-state index is 12.5. The number of ketones is 1. The normalized spacial score (nSPS) is 15.7. The van der Waals surface area contributed by atoms with E-state index in [9.17, 15) is 9.59 Å². The molecule has 2 aromatic carbocycles. The van der Waals surface area contributed by atoms with Gasteiger partial charge in [0.15, 0.2) is 35.1 Å². The highest BCUT2D eigenvalue weighted by Crippen LogP contribution is 2.38. The zero-order chi connectivity index (χ0) is 26.2. The number of nitrogens with zero attached hydrogens (tertiary/aromatic N) is 1. The molecule has 3 aliphatic heterocycles. The second-order valence-electron chi connectivity index (χ2n) is 8.17. The van der Waals surface area contributed by atoms with E-state index >= 15 is 0 Å². The molecule has 0 aliphatic carbocycles. The average molecular weight is 500 g/mol. The van der Waals surface area contributed by atoms with Crippen LogP contribution in [0.3, 0.4) is 0 Å². The lowest BCUT2D eigenvalue weighted by atomic mass is 9.84. The minimum atomic E-state index is 0.183. The number of benzene rings is 2. The Morgan fingerprint density at radius 1 is 0.667 bits per heavy atom. The fourth-order valence-electron chi connectivity index (χ4n) is 4.37. The molecule has 3 fully saturated rings. The SMILES string of the molecule is COc1cc(OC)c(OC)cc1C=C1C(=O)C2CCN1CC2.COc1cc(OC)c(OC)cc1C=O. The van der Waals surface area contributed by atoms with E-state index in [0.29, 0.717) is 46.3 Å². The number of hydrogen-bond acceptors (Lipinski definition) is 9. The summed E-state index contributed by atoms with van der Waals surface area (Å²) in [4.78, 5) is 25.3. The van der Waals surface area contributed by atoms with E-state index in [2.05, 4.69) is 4.90 Å². The highest BCUT2D eigenvalue weighted by Gasteiger charge is 2.36. The van der Waals surface area contributed by atoms with Gasteiger partial charge in [0.2, 0.25) is 0 Å². The molecule has 36 heavy (non-hydrogen) atoms. The smallest absolute Gasteiger partial charge is 0.182 e. The van der Waals surface area contributed by atoms with E-state index in [-0.39, 0.29) is 11.7 Å². The van der Waals surface area contributed by atoms with E-state index in [1.54, 1.807) is 39.5 Å². The van der Waals surface area contributed by atoms with Crippen molar-refractivity contribution in [2.45, 2.75) is 12.8 Å². The van der Waals surface area contributed by atoms with Crippen molar-refractivity contribution in [2.24, 2.45) is 5.92 Å². The van der Waals surface area contributed by atoms with Crippen LogP contribution in [0, 0.1) is 5.92 Å². The first-order valence-corrected chi connectivity index (χ1v) is 11.5. The van der Waals surface area contributed by atoms with Crippen molar-refractivity contribution in [3.05, 3.63) is 41.1 Å². The fourth-order valence-corrected chi connectivity index (χ4v) is 4.37. The van der Waals surface area contributed by atoms with Crippen molar-refractivity contribution in [2.75, 3.05) is 55.7 Å². The third-order valence-corrected chi connectivity index (χ3v) is 6.35. The Bertz CT molecular complexity index is 1120. The Labute approximate surface area is 211 Å². The Balaban J connectivity index is 0.000000223. The first-order valence-electron chi connectivity index (χ1n) is 11.5. The second-order valence-corrected chi connectivity index (χ2v) is 8.17. The van der Waals surface area contributed by atoms with Crippen LogP contribution in [0.5, 0.6) is 34.5 Å². The number of carbonyl (C=O) groups is 2. The number of allylic oxidation sites excluding steroid dienone is 1. The van der Waals surface area contributed by atoms with Crippen LogP contribution < -0.4 is 28.4 Å². The number of fused-ring (bicyclic) bond motifs is 3. The topological polar surface area (TPSA) is 92.8 Å². The number of carbonyl (C=O) groups excluding carboxylic acids is 2. The van der Waals surface area contributed by atoms with Crippen LogP contribution in [0.15, 0.2) is 30.0 Å². The molecule has 0 spiro atoms. The van der Waals surface area contributed by atoms with Crippen LogP contribution in [0.4, 0.5) is 0 Å². The lowest BCUT2D eigenvalue weighted by Gasteiger charge is -2.41. The summed E-state index contributed by atoms with van der Waals surface area (Å²) in [6.07, 6.45) is 4.56. The number of rotatable bonds is 8. The van der Waals surface area contributed by atoms with E-state index in [0.717, 1.165) is 37.2 Å². The van der Waals surface area contributed by atoms with Crippen LogP contribution in [-0.4, -0.2) is 72.7 Å². The van der Waals surface area contributed by atoms with Gasteiger partial charge in [0.25, 0.3) is 0 Å². The number of Topliss-reactive ketones (excluding diaryl/α,β-unsaturated/α-hetero) is 1. The van der Waals surface area contributed by atoms with Gasteiger partial charge in [0.1, 0.15) is 11.5 Å². The van der Waals surface area contributed by atoms with Gasteiger partial charge < -0.3 is 33.3 Å². The number of hydrogen-bond donors (Lipinski definition) is 0. The first kappa shape index (κ1) is 26.7. The van der Waals surface area contributed by atoms with Gasteiger partial charge in [-0.1, -0.05) is 0 Å². The predicted molar refractivity (Wildman–Crippen MR) is 135 cm³/mol. The molecule has 9 nitrogen and oxygen atoms in total. The minimum Gasteiger partial charge on any atom is -0.496 e. The number of aldehydes is 1. The molecule has 0 radical (unpaired) electrons. The molecule has 0 atom stereocenters. The van der Waals surface area contributed by atoms with Crippen molar-refractivity contribution in [1.82, 2.24) is 4.90 Å². The van der Waals surface area contributed by atoms with Crippen LogP contribution in [0.1, 0.15) is 28.8 Å². The second kappa shape index (κ2) is 12.2. The van der Waals surface area contributed by atoms with Crippen molar-refractivity contribution in [1.29, 1.82) is 0 Å². The van der Waals surface area contributed by atoms with Gasteiger partial charge in [-0.05, 0) is 31.1 Å². The van der Waals surface area contributed by atoms with E-state index in [1.165, 1.54) is 21.3 Å². The van der Waals surface area contributed by atoms with Crippen LogP contribution >= 0.6 is 0 Å². The molecule has 0 N–H and O–H groups in total. The van der Waals surface area contributed by atoms with Gasteiger partial charge in [-0.3, -0.25) is 9.59 Å². The summed E-state index contributed by atoms with van der Waals surface area (Å²) in [6, 6.07) is 6.82. The number of methoxy groups -OCH3 is 6. The molecule has 3 saturated heterocycles. The average Bonchev–Trinajstić information content (AvgIpc) is 2.94. The van der Waals surface area contributed by atoms with Gasteiger partial charge in [-0.15, -0.1) is 0 Å². The molecule has 0 aromatic heterocycles. The van der Waals surface area contributed by atoms with Crippen LogP contribution in [0.25, 0.3) is 6.08 Å². The van der Waals surface area contributed by atoms with Gasteiger partial charge in [0.05, 0.1) is 53.9 Å². The molecule has 5 rings (SSSR count). The summed E-state index contributed by atoms with van der Waals surface area (Å²) < 4.78 is 31.2. The molecular formula is C27H33NO8. The van der Waals surface area contributed by atoms with Gasteiger partial charge >= 0.3 is 0 Å². The molecule has 194 valence electrons. The molecule has 2 bridgehead atoms. The summed E-state index contributed by atoms with van der Waals surface area (Å²) in [6.45, 7) is 1.91. The Hall–Kier alpha value is -3.88. The lowest BCUT2D eigenvalue weighted by molar-refractivity contribution is -0.125. The molecule has 0 saturated carbocycles. The lowest BCUT2D eigenvalue weighted by Crippen LogP contribution is -2.45. The minimum absolute atomic E-state index is 0.183. The van der Waals surface area contributed by atoms with Crippen LogP contribution in [0.2, 0.25) is 0 Å². The standard InChI is InChI=1S/C17H21NO4.C10H12O4/c1-20-14-10-16(22-3)15(21-2)9-12(14)8-13-17(19)11-4-6-18(13)7-5-11;1-12-8-5-10(14-3)9(13-2)4-7(8)6-11/h8-11H,4-7H2,1-3H3;4-6H,1-3H3. The Morgan fingerprint density at radius 2 is 1.08 bits per heavy atom. The van der Waals surface area contributed by atoms with Crippen molar-refractivity contribution in [3.8, 4) is 34.5 Å². The molecule has 3 aliphatic rings.